The van der Waals surface area contributed by atoms with Gasteiger partial charge in [-0.05, 0) is 75.9 Å². The smallest absolute Gasteiger partial charge is 0.173 e. The normalized spacial score (nSPS) is 12.1. The van der Waals surface area contributed by atoms with Crippen LogP contribution in [0.4, 0.5) is 5.69 Å². The van der Waals surface area contributed by atoms with Gasteiger partial charge in [0.2, 0.25) is 0 Å². The number of likely N-dealkylation sites (N-methyl/N-ethyl adjacent to an activating group) is 1. The first-order valence-electron chi connectivity index (χ1n) is 8.58. The summed E-state index contributed by atoms with van der Waals surface area (Å²) in [4.78, 5) is 8.54. The molecule has 0 fully saturated rings. The van der Waals surface area contributed by atoms with Gasteiger partial charge in [-0.3, -0.25) is 4.98 Å². The van der Waals surface area contributed by atoms with Crippen LogP contribution in [0.1, 0.15) is 29.7 Å². The van der Waals surface area contributed by atoms with E-state index in [-0.39, 0.29) is 6.04 Å². The highest BCUT2D eigenvalue weighted by Crippen LogP contribution is 2.24. The highest BCUT2D eigenvalue weighted by atomic mass is 32.1. The summed E-state index contributed by atoms with van der Waals surface area (Å²) in [6.07, 6.45) is 3.66. The zero-order valence-corrected chi connectivity index (χ0v) is 16.6. The summed E-state index contributed by atoms with van der Waals surface area (Å²) in [6.45, 7) is 8.18. The first-order valence-corrected chi connectivity index (χ1v) is 8.99. The van der Waals surface area contributed by atoms with Crippen molar-refractivity contribution in [3.63, 3.8) is 0 Å². The third kappa shape index (κ3) is 5.25. The Morgan fingerprint density at radius 3 is 2.24 bits per heavy atom. The number of aryl methyl sites for hydroxylation is 2. The lowest BCUT2D eigenvalue weighted by Crippen LogP contribution is -2.41. The molecule has 0 aliphatic heterocycles. The number of hydrogen-bond donors (Lipinski definition) is 1. The van der Waals surface area contributed by atoms with Crippen LogP contribution in [0.25, 0.3) is 0 Å². The van der Waals surface area contributed by atoms with Crippen LogP contribution in [0, 0.1) is 13.8 Å². The van der Waals surface area contributed by atoms with E-state index in [1.807, 2.05) is 12.4 Å². The van der Waals surface area contributed by atoms with Crippen LogP contribution in [0.3, 0.4) is 0 Å². The molecule has 25 heavy (non-hydrogen) atoms. The number of rotatable bonds is 6. The number of nitrogens with zero attached hydrogens (tertiary/aromatic N) is 3. The van der Waals surface area contributed by atoms with Crippen LogP contribution in [0.15, 0.2) is 42.7 Å². The summed E-state index contributed by atoms with van der Waals surface area (Å²) in [5.41, 5.74) is 4.71. The Hall–Kier alpha value is -1.98. The summed E-state index contributed by atoms with van der Waals surface area (Å²) in [5.74, 6) is 0. The second-order valence-electron chi connectivity index (χ2n) is 6.65. The van der Waals surface area contributed by atoms with Crippen molar-refractivity contribution in [2.24, 2.45) is 0 Å². The van der Waals surface area contributed by atoms with Crippen LogP contribution in [0.2, 0.25) is 0 Å². The molecule has 0 spiro atoms. The van der Waals surface area contributed by atoms with Gasteiger partial charge in [0, 0.05) is 31.2 Å². The predicted octanol–water partition coefficient (Wildman–Crippen LogP) is 4.02. The van der Waals surface area contributed by atoms with Gasteiger partial charge in [0.05, 0.1) is 6.04 Å². The molecule has 1 unspecified atom stereocenters. The molecule has 0 aliphatic rings. The highest BCUT2D eigenvalue weighted by Gasteiger charge is 2.19. The van der Waals surface area contributed by atoms with Crippen molar-refractivity contribution >= 4 is 23.0 Å². The highest BCUT2D eigenvalue weighted by molar-refractivity contribution is 7.80. The van der Waals surface area contributed by atoms with Gasteiger partial charge >= 0.3 is 0 Å². The second-order valence-corrected chi connectivity index (χ2v) is 7.04. The molecule has 0 radical (unpaired) electrons. The van der Waals surface area contributed by atoms with E-state index in [0.717, 1.165) is 23.9 Å². The van der Waals surface area contributed by atoms with Crippen LogP contribution < -0.4 is 5.32 Å². The first kappa shape index (κ1) is 19.3. The van der Waals surface area contributed by atoms with Gasteiger partial charge < -0.3 is 15.1 Å². The second kappa shape index (κ2) is 8.92. The van der Waals surface area contributed by atoms with Gasteiger partial charge in [-0.1, -0.05) is 18.2 Å². The fourth-order valence-electron chi connectivity index (χ4n) is 2.79. The maximum Gasteiger partial charge on any atom is 0.173 e. The Bertz CT molecular complexity index is 680. The molecule has 0 aliphatic carbocycles. The number of anilines is 1. The van der Waals surface area contributed by atoms with Crippen LogP contribution >= 0.6 is 12.2 Å². The molecule has 1 heterocycles. The summed E-state index contributed by atoms with van der Waals surface area (Å²) < 4.78 is 0. The summed E-state index contributed by atoms with van der Waals surface area (Å²) in [7, 11) is 4.16. The topological polar surface area (TPSA) is 31.4 Å². The number of nitrogens with one attached hydrogen (secondary N) is 1. The van der Waals surface area contributed by atoms with E-state index in [0.29, 0.717) is 0 Å². The molecular formula is C20H28N4S. The maximum atomic E-state index is 5.79. The molecule has 1 N–H and O–H groups in total. The zero-order valence-electron chi connectivity index (χ0n) is 15.8. The third-order valence-electron chi connectivity index (χ3n) is 4.42. The average Bonchev–Trinajstić information content (AvgIpc) is 2.59. The van der Waals surface area contributed by atoms with E-state index in [9.17, 15) is 0 Å². The predicted molar refractivity (Wildman–Crippen MR) is 110 cm³/mol. The molecule has 0 amide bonds. The molecule has 0 saturated carbocycles. The fourth-order valence-corrected chi connectivity index (χ4v) is 3.14. The van der Waals surface area contributed by atoms with Crippen molar-refractivity contribution in [3.8, 4) is 0 Å². The van der Waals surface area contributed by atoms with Gasteiger partial charge in [-0.25, -0.2) is 0 Å². The number of benzene rings is 1. The molecule has 2 rings (SSSR count). The number of aromatic nitrogens is 1. The monoisotopic (exact) mass is 356 g/mol. The largest absolute Gasteiger partial charge is 0.341 e. The Morgan fingerprint density at radius 1 is 1.08 bits per heavy atom. The van der Waals surface area contributed by atoms with Crippen molar-refractivity contribution in [2.75, 3.05) is 32.5 Å². The number of pyridine rings is 1. The molecule has 4 nitrogen and oxygen atoms in total. The molecule has 1 aromatic carbocycles. The minimum absolute atomic E-state index is 0.173. The molecule has 134 valence electrons. The molecular weight excluding hydrogens is 328 g/mol. The molecule has 2 aromatic rings. The van der Waals surface area contributed by atoms with Crippen molar-refractivity contribution in [3.05, 3.63) is 59.4 Å². The number of thiocarbonyl (C=S) groups is 1. The summed E-state index contributed by atoms with van der Waals surface area (Å²) in [6, 6.07) is 10.6. The van der Waals surface area contributed by atoms with Gasteiger partial charge in [-0.15, -0.1) is 0 Å². The van der Waals surface area contributed by atoms with Crippen LogP contribution in [-0.4, -0.2) is 47.1 Å². The molecule has 5 heteroatoms. The fraction of sp³-hybridized carbons (Fsp3) is 0.400. The number of para-hydroxylation sites is 1. The SMILES string of the molecule is Cc1cccc(C)c1NC(=S)N(CCN(C)C)C(C)c1ccncc1. The van der Waals surface area contributed by atoms with E-state index in [1.165, 1.54) is 16.7 Å². The Morgan fingerprint density at radius 2 is 1.68 bits per heavy atom. The Labute approximate surface area is 156 Å². The van der Waals surface area contributed by atoms with Crippen LogP contribution in [0.5, 0.6) is 0 Å². The van der Waals surface area contributed by atoms with E-state index in [4.69, 9.17) is 12.2 Å². The van der Waals surface area contributed by atoms with E-state index in [1.54, 1.807) is 0 Å². The zero-order chi connectivity index (χ0) is 18.4. The van der Waals surface area contributed by atoms with Gasteiger partial charge in [0.1, 0.15) is 0 Å². The first-order chi connectivity index (χ1) is 11.9. The van der Waals surface area contributed by atoms with Crippen molar-refractivity contribution in [2.45, 2.75) is 26.8 Å². The quantitative estimate of drug-likeness (QED) is 0.790. The average molecular weight is 357 g/mol. The van der Waals surface area contributed by atoms with Crippen molar-refractivity contribution in [1.29, 1.82) is 0 Å². The van der Waals surface area contributed by atoms with E-state index >= 15 is 0 Å². The van der Waals surface area contributed by atoms with Crippen molar-refractivity contribution in [1.82, 2.24) is 14.8 Å². The lowest BCUT2D eigenvalue weighted by atomic mass is 10.1. The van der Waals surface area contributed by atoms with Gasteiger partial charge in [0.15, 0.2) is 5.11 Å². The summed E-state index contributed by atoms with van der Waals surface area (Å²) in [5, 5.41) is 4.23. The van der Waals surface area contributed by atoms with Gasteiger partial charge in [0.25, 0.3) is 0 Å². The van der Waals surface area contributed by atoms with E-state index in [2.05, 4.69) is 85.3 Å². The molecule has 1 atom stereocenters. The van der Waals surface area contributed by atoms with Gasteiger partial charge in [-0.2, -0.15) is 0 Å². The third-order valence-corrected chi connectivity index (χ3v) is 4.75. The number of hydrogen-bond acceptors (Lipinski definition) is 3. The van der Waals surface area contributed by atoms with Crippen molar-refractivity contribution < 1.29 is 0 Å². The molecule has 0 bridgehead atoms. The lowest BCUT2D eigenvalue weighted by molar-refractivity contribution is 0.289. The maximum absolute atomic E-state index is 5.79. The molecule has 1 aromatic heterocycles. The Kier molecular flexibility index (Phi) is 6.91. The summed E-state index contributed by atoms with van der Waals surface area (Å²) >= 11 is 5.79. The molecule has 0 saturated heterocycles. The van der Waals surface area contributed by atoms with E-state index < -0.39 is 0 Å². The standard InChI is InChI=1S/C20H28N4S/c1-15-7-6-8-16(2)19(15)22-20(25)24(14-13-23(4)5)17(3)18-9-11-21-12-10-18/h6-12,17H,13-14H2,1-5H3,(H,22,25). The lowest BCUT2D eigenvalue weighted by Gasteiger charge is -2.33. The Balaban J connectivity index is 2.23. The minimum atomic E-state index is 0.173. The minimum Gasteiger partial charge on any atom is -0.341 e. The van der Waals surface area contributed by atoms with Crippen LogP contribution in [-0.2, 0) is 0 Å².